The number of rotatable bonds is 3. The second-order valence-electron chi connectivity index (χ2n) is 5.73. The van der Waals surface area contributed by atoms with Crippen molar-refractivity contribution >= 4 is 34.4 Å². The summed E-state index contributed by atoms with van der Waals surface area (Å²) in [5.41, 5.74) is 5.73. The van der Waals surface area contributed by atoms with Crippen LogP contribution in [0.15, 0.2) is 47.6 Å². The third-order valence-corrected chi connectivity index (χ3v) is 3.92. The Hall–Kier alpha value is -3.42. The van der Waals surface area contributed by atoms with E-state index in [0.717, 1.165) is 11.3 Å². The number of hydrazone groups is 1. The van der Waals surface area contributed by atoms with E-state index in [9.17, 15) is 14.9 Å². The number of benzene rings is 2. The average Bonchev–Trinajstić information content (AvgIpc) is 2.69. The van der Waals surface area contributed by atoms with Crippen LogP contribution in [0, 0.1) is 17.0 Å². The van der Waals surface area contributed by atoms with E-state index in [0.29, 0.717) is 11.4 Å². The van der Waals surface area contributed by atoms with Gasteiger partial charge >= 0.3 is 0 Å². The maximum absolute atomic E-state index is 12.4. The van der Waals surface area contributed by atoms with Crippen molar-refractivity contribution in [2.75, 3.05) is 16.1 Å². The summed E-state index contributed by atoms with van der Waals surface area (Å²) < 4.78 is 0. The minimum Gasteiger partial charge on any atom is -0.375 e. The molecule has 0 fully saturated rings. The summed E-state index contributed by atoms with van der Waals surface area (Å²) in [5, 5.41) is 21.1. The molecule has 1 atom stereocenters. The van der Waals surface area contributed by atoms with Crippen LogP contribution >= 0.6 is 0 Å². The summed E-state index contributed by atoms with van der Waals surface area (Å²) in [6.07, 6.45) is 0. The van der Waals surface area contributed by atoms with Gasteiger partial charge in [-0.2, -0.15) is 5.10 Å². The predicted octanol–water partition coefficient (Wildman–Crippen LogP) is 3.12. The summed E-state index contributed by atoms with van der Waals surface area (Å²) in [4.78, 5) is 22.9. The quantitative estimate of drug-likeness (QED) is 0.588. The number of carbonyl (C=O) groups is 1. The molecule has 8 heteroatoms. The smallest absolute Gasteiger partial charge is 0.274 e. The molecule has 0 aliphatic carbocycles. The van der Waals surface area contributed by atoms with Gasteiger partial charge in [0.25, 0.3) is 11.6 Å². The van der Waals surface area contributed by atoms with Crippen LogP contribution < -0.4 is 16.1 Å². The van der Waals surface area contributed by atoms with Gasteiger partial charge in [0.2, 0.25) is 0 Å². The minimum atomic E-state index is -0.475. The van der Waals surface area contributed by atoms with E-state index in [4.69, 9.17) is 0 Å². The summed E-state index contributed by atoms with van der Waals surface area (Å²) in [6, 6.07) is 11.5. The molecule has 1 amide bonds. The van der Waals surface area contributed by atoms with E-state index in [-0.39, 0.29) is 23.3 Å². The fourth-order valence-electron chi connectivity index (χ4n) is 2.51. The molecule has 2 aromatic rings. The molecule has 0 saturated heterocycles. The molecule has 1 aliphatic heterocycles. The van der Waals surface area contributed by atoms with Crippen molar-refractivity contribution < 1.29 is 9.72 Å². The normalized spacial score (nSPS) is 17.9. The van der Waals surface area contributed by atoms with Crippen molar-refractivity contribution in [1.29, 1.82) is 0 Å². The van der Waals surface area contributed by atoms with Gasteiger partial charge in [-0.15, -0.1) is 0 Å². The number of carbonyl (C=O) groups excluding carboxylic acids is 1. The fourth-order valence-corrected chi connectivity index (χ4v) is 2.51. The van der Waals surface area contributed by atoms with Crippen molar-refractivity contribution in [2.24, 2.45) is 5.10 Å². The first-order chi connectivity index (χ1) is 12.0. The Morgan fingerprint density at radius 1 is 1.20 bits per heavy atom. The number of nitro groups is 1. The van der Waals surface area contributed by atoms with Gasteiger partial charge < -0.3 is 10.6 Å². The van der Waals surface area contributed by atoms with Gasteiger partial charge in [0, 0.05) is 12.1 Å². The van der Waals surface area contributed by atoms with Gasteiger partial charge in [0.1, 0.15) is 5.71 Å². The highest BCUT2D eigenvalue weighted by Crippen LogP contribution is 2.25. The molecule has 1 unspecified atom stereocenters. The molecule has 3 rings (SSSR count). The first-order valence-electron chi connectivity index (χ1n) is 7.71. The van der Waals surface area contributed by atoms with Gasteiger partial charge in [0.05, 0.1) is 28.0 Å². The zero-order valence-electron chi connectivity index (χ0n) is 13.7. The molecule has 8 nitrogen and oxygen atoms in total. The number of anilines is 3. The molecule has 0 bridgehead atoms. The lowest BCUT2D eigenvalue weighted by Crippen LogP contribution is -2.34. The minimum absolute atomic E-state index is 0.0443. The van der Waals surface area contributed by atoms with E-state index in [1.54, 1.807) is 19.1 Å². The Bertz CT molecular complexity index is 878. The number of nitrogens with one attached hydrogen (secondary N) is 3. The van der Waals surface area contributed by atoms with Gasteiger partial charge in [0.15, 0.2) is 0 Å². The van der Waals surface area contributed by atoms with Crippen LogP contribution in [0.4, 0.5) is 22.7 Å². The maximum Gasteiger partial charge on any atom is 0.274 e. The van der Waals surface area contributed by atoms with Gasteiger partial charge in [-0.1, -0.05) is 18.2 Å². The van der Waals surface area contributed by atoms with Gasteiger partial charge in [-0.05, 0) is 31.5 Å². The van der Waals surface area contributed by atoms with Gasteiger partial charge in [-0.25, -0.2) is 0 Å². The van der Waals surface area contributed by atoms with Crippen LogP contribution in [0.3, 0.4) is 0 Å². The molecule has 1 heterocycles. The van der Waals surface area contributed by atoms with E-state index < -0.39 is 4.92 Å². The molecule has 3 N–H and O–H groups in total. The Balaban J connectivity index is 1.88. The SMILES string of the molecule is Cc1ccc([N+](=O)[O-])cc1N/N=C1\C(=O)Nc2ccccc2NC1C. The van der Waals surface area contributed by atoms with Crippen molar-refractivity contribution in [3.63, 3.8) is 0 Å². The molecule has 0 spiro atoms. The topological polar surface area (TPSA) is 109 Å². The fraction of sp³-hybridized carbons (Fsp3) is 0.176. The Morgan fingerprint density at radius 3 is 2.64 bits per heavy atom. The Labute approximate surface area is 144 Å². The highest BCUT2D eigenvalue weighted by atomic mass is 16.6. The zero-order valence-corrected chi connectivity index (χ0v) is 13.7. The molecule has 25 heavy (non-hydrogen) atoms. The third-order valence-electron chi connectivity index (χ3n) is 3.92. The molecule has 0 radical (unpaired) electrons. The number of nitrogens with zero attached hydrogens (tertiary/aromatic N) is 2. The number of aryl methyl sites for hydroxylation is 1. The van der Waals surface area contributed by atoms with Gasteiger partial charge in [-0.3, -0.25) is 20.3 Å². The van der Waals surface area contributed by atoms with Crippen LogP contribution in [0.25, 0.3) is 0 Å². The first-order valence-corrected chi connectivity index (χ1v) is 7.71. The lowest BCUT2D eigenvalue weighted by Gasteiger charge is -2.13. The highest BCUT2D eigenvalue weighted by Gasteiger charge is 2.25. The second kappa shape index (κ2) is 6.60. The van der Waals surface area contributed by atoms with Crippen LogP contribution in [-0.4, -0.2) is 22.6 Å². The largest absolute Gasteiger partial charge is 0.375 e. The second-order valence-corrected chi connectivity index (χ2v) is 5.73. The van der Waals surface area contributed by atoms with E-state index >= 15 is 0 Å². The average molecular weight is 339 g/mol. The zero-order chi connectivity index (χ0) is 18.0. The first kappa shape index (κ1) is 16.4. The molecular weight excluding hydrogens is 322 g/mol. The summed E-state index contributed by atoms with van der Waals surface area (Å²) in [7, 11) is 0. The number of hydrogen-bond donors (Lipinski definition) is 3. The summed E-state index contributed by atoms with van der Waals surface area (Å²) >= 11 is 0. The number of amides is 1. The molecule has 1 aliphatic rings. The van der Waals surface area contributed by atoms with Crippen LogP contribution in [0.5, 0.6) is 0 Å². The van der Waals surface area contributed by atoms with Crippen molar-refractivity contribution in [3.8, 4) is 0 Å². The lowest BCUT2D eigenvalue weighted by molar-refractivity contribution is -0.384. The van der Waals surface area contributed by atoms with E-state index in [2.05, 4.69) is 21.2 Å². The monoisotopic (exact) mass is 339 g/mol. The number of para-hydroxylation sites is 2. The Kier molecular flexibility index (Phi) is 4.34. The standard InChI is InChI=1S/C17H17N5O3/c1-10-7-8-12(22(24)25)9-15(10)20-21-16-11(2)18-13-5-3-4-6-14(13)19-17(16)23/h3-9,11,18,20H,1-2H3,(H,19,23)/b21-16-. The van der Waals surface area contributed by atoms with Crippen molar-refractivity contribution in [3.05, 3.63) is 58.1 Å². The molecule has 0 saturated carbocycles. The van der Waals surface area contributed by atoms with E-state index in [1.165, 1.54) is 12.1 Å². The number of non-ortho nitro benzene ring substituents is 1. The molecule has 128 valence electrons. The van der Waals surface area contributed by atoms with E-state index in [1.807, 2.05) is 25.1 Å². The van der Waals surface area contributed by atoms with Crippen molar-refractivity contribution in [2.45, 2.75) is 19.9 Å². The van der Waals surface area contributed by atoms with Crippen molar-refractivity contribution in [1.82, 2.24) is 0 Å². The van der Waals surface area contributed by atoms with Crippen LogP contribution in [-0.2, 0) is 4.79 Å². The molecule has 2 aromatic carbocycles. The van der Waals surface area contributed by atoms with Crippen LogP contribution in [0.2, 0.25) is 0 Å². The highest BCUT2D eigenvalue weighted by molar-refractivity contribution is 6.46. The Morgan fingerprint density at radius 2 is 1.92 bits per heavy atom. The number of nitro benzene ring substituents is 1. The summed E-state index contributed by atoms with van der Waals surface area (Å²) in [6.45, 7) is 3.62. The lowest BCUT2D eigenvalue weighted by atomic mass is 10.2. The molecule has 0 aromatic heterocycles. The number of fused-ring (bicyclic) bond motifs is 1. The maximum atomic E-state index is 12.4. The predicted molar refractivity (Wildman–Crippen MR) is 97.0 cm³/mol. The molecular formula is C17H17N5O3. The number of hydrogen-bond acceptors (Lipinski definition) is 6. The summed E-state index contributed by atoms with van der Waals surface area (Å²) in [5.74, 6) is -0.333. The van der Waals surface area contributed by atoms with Crippen LogP contribution in [0.1, 0.15) is 12.5 Å². The third kappa shape index (κ3) is 3.42.